The zero-order valence-corrected chi connectivity index (χ0v) is 10.4. The molecule has 0 saturated carbocycles. The van der Waals surface area contributed by atoms with Crippen LogP contribution in [0.3, 0.4) is 0 Å². The first-order chi connectivity index (χ1) is 8.24. The van der Waals surface area contributed by atoms with E-state index in [0.29, 0.717) is 23.1 Å². The maximum Gasteiger partial charge on any atom is 0.273 e. The molecule has 5 heteroatoms. The van der Waals surface area contributed by atoms with E-state index in [0.717, 1.165) is 0 Å². The molecule has 0 spiro atoms. The summed E-state index contributed by atoms with van der Waals surface area (Å²) in [5.41, 5.74) is 1.42. The molecule has 0 aliphatic rings. The monoisotopic (exact) mass is 253 g/mol. The van der Waals surface area contributed by atoms with Crippen LogP contribution in [-0.4, -0.2) is 18.7 Å². The van der Waals surface area contributed by atoms with Gasteiger partial charge in [0.1, 0.15) is 0 Å². The van der Waals surface area contributed by atoms with Crippen LogP contribution in [0.1, 0.15) is 6.92 Å². The average molecular weight is 253 g/mol. The summed E-state index contributed by atoms with van der Waals surface area (Å²) in [6.45, 7) is 2.26. The summed E-state index contributed by atoms with van der Waals surface area (Å²) in [6, 6.07) is 4.81. The van der Waals surface area contributed by atoms with Crippen LogP contribution in [0.25, 0.3) is 11.3 Å². The van der Waals surface area contributed by atoms with Gasteiger partial charge >= 0.3 is 0 Å². The van der Waals surface area contributed by atoms with Gasteiger partial charge in [0.25, 0.3) is 5.19 Å². The lowest BCUT2D eigenvalue weighted by Crippen LogP contribution is -1.94. The predicted octanol–water partition coefficient (Wildman–Crippen LogP) is 3.36. The molecule has 1 heterocycles. The Labute approximate surface area is 103 Å². The quantitative estimate of drug-likeness (QED) is 0.837. The number of hydrogen-bond donors (Lipinski definition) is 0. The number of halogens is 1. The van der Waals surface area contributed by atoms with Crippen LogP contribution in [0.2, 0.25) is 0 Å². The summed E-state index contributed by atoms with van der Waals surface area (Å²) in [5, 5.41) is 2.39. The number of benzene rings is 1. The highest BCUT2D eigenvalue weighted by Crippen LogP contribution is 2.29. The maximum absolute atomic E-state index is 13.6. The molecule has 0 unspecified atom stereocenters. The number of methoxy groups -OCH3 is 1. The Balaban J connectivity index is 2.30. The van der Waals surface area contributed by atoms with E-state index in [1.165, 1.54) is 17.4 Å². The molecule has 0 N–H and O–H groups in total. The summed E-state index contributed by atoms with van der Waals surface area (Å²) in [4.78, 5) is 4.20. The van der Waals surface area contributed by atoms with Crippen molar-refractivity contribution in [2.45, 2.75) is 6.92 Å². The molecular weight excluding hydrogens is 241 g/mol. The first-order valence-electron chi connectivity index (χ1n) is 5.17. The van der Waals surface area contributed by atoms with Crippen molar-refractivity contribution in [3.05, 3.63) is 29.4 Å². The lowest BCUT2D eigenvalue weighted by Gasteiger charge is -2.05. The third kappa shape index (κ3) is 2.55. The second-order valence-corrected chi connectivity index (χ2v) is 4.10. The summed E-state index contributed by atoms with van der Waals surface area (Å²) >= 11 is 1.38. The Morgan fingerprint density at radius 3 is 2.82 bits per heavy atom. The van der Waals surface area contributed by atoms with Crippen molar-refractivity contribution in [2.24, 2.45) is 0 Å². The van der Waals surface area contributed by atoms with Gasteiger partial charge in [0, 0.05) is 10.9 Å². The maximum atomic E-state index is 13.6. The van der Waals surface area contributed by atoms with Crippen molar-refractivity contribution in [3.8, 4) is 22.2 Å². The van der Waals surface area contributed by atoms with E-state index < -0.39 is 0 Å². The Kier molecular flexibility index (Phi) is 3.58. The van der Waals surface area contributed by atoms with Gasteiger partial charge in [-0.05, 0) is 25.1 Å². The minimum absolute atomic E-state index is 0.262. The van der Waals surface area contributed by atoms with Crippen LogP contribution < -0.4 is 9.47 Å². The largest absolute Gasteiger partial charge is 0.491 e. The van der Waals surface area contributed by atoms with Crippen molar-refractivity contribution in [3.63, 3.8) is 0 Å². The van der Waals surface area contributed by atoms with E-state index in [1.54, 1.807) is 19.2 Å². The molecular formula is C12H12FNO2S. The topological polar surface area (TPSA) is 31.4 Å². The van der Waals surface area contributed by atoms with Crippen LogP contribution >= 0.6 is 11.3 Å². The highest BCUT2D eigenvalue weighted by molar-refractivity contribution is 7.11. The highest BCUT2D eigenvalue weighted by Gasteiger charge is 2.08. The lowest BCUT2D eigenvalue weighted by molar-refractivity contribution is 0.321. The van der Waals surface area contributed by atoms with Gasteiger partial charge < -0.3 is 9.47 Å². The molecule has 0 aliphatic heterocycles. The van der Waals surface area contributed by atoms with Gasteiger partial charge in [0.05, 0.1) is 19.4 Å². The minimum Gasteiger partial charge on any atom is -0.491 e. The van der Waals surface area contributed by atoms with Crippen LogP contribution in [0.5, 0.6) is 10.9 Å². The Hall–Kier alpha value is -1.62. The van der Waals surface area contributed by atoms with Crippen molar-refractivity contribution in [1.29, 1.82) is 0 Å². The molecule has 1 aromatic carbocycles. The van der Waals surface area contributed by atoms with Crippen molar-refractivity contribution in [1.82, 2.24) is 4.98 Å². The molecule has 0 fully saturated rings. The normalized spacial score (nSPS) is 10.3. The smallest absolute Gasteiger partial charge is 0.273 e. The van der Waals surface area contributed by atoms with Crippen LogP contribution in [0.4, 0.5) is 4.39 Å². The zero-order chi connectivity index (χ0) is 12.3. The summed E-state index contributed by atoms with van der Waals surface area (Å²) in [6.07, 6.45) is 0. The first-order valence-corrected chi connectivity index (χ1v) is 6.04. The molecule has 17 heavy (non-hydrogen) atoms. The molecule has 0 bridgehead atoms. The van der Waals surface area contributed by atoms with Gasteiger partial charge in [-0.1, -0.05) is 11.3 Å². The third-order valence-corrected chi connectivity index (χ3v) is 2.99. The lowest BCUT2D eigenvalue weighted by atomic mass is 10.1. The molecule has 2 aromatic rings. The van der Waals surface area contributed by atoms with Crippen molar-refractivity contribution < 1.29 is 13.9 Å². The van der Waals surface area contributed by atoms with Gasteiger partial charge in [-0.15, -0.1) is 0 Å². The molecule has 90 valence electrons. The number of nitrogens with zero attached hydrogens (tertiary/aromatic N) is 1. The standard InChI is InChI=1S/C12H12FNO2S/c1-3-16-11-5-4-8(6-9(11)13)10-7-17-12(14-10)15-2/h4-7H,3H2,1-2H3. The van der Waals surface area contributed by atoms with E-state index in [-0.39, 0.29) is 11.6 Å². The summed E-state index contributed by atoms with van der Waals surface area (Å²) in [5.74, 6) is -0.116. The van der Waals surface area contributed by atoms with E-state index in [9.17, 15) is 4.39 Å². The molecule has 1 aromatic heterocycles. The number of hydrogen-bond acceptors (Lipinski definition) is 4. The summed E-state index contributed by atoms with van der Waals surface area (Å²) < 4.78 is 23.8. The Morgan fingerprint density at radius 2 is 2.24 bits per heavy atom. The fraction of sp³-hybridized carbons (Fsp3) is 0.250. The fourth-order valence-electron chi connectivity index (χ4n) is 1.42. The van der Waals surface area contributed by atoms with E-state index in [2.05, 4.69) is 4.98 Å². The second-order valence-electron chi connectivity index (χ2n) is 3.28. The van der Waals surface area contributed by atoms with Gasteiger partial charge in [-0.25, -0.2) is 9.37 Å². The van der Waals surface area contributed by atoms with Crippen molar-refractivity contribution in [2.75, 3.05) is 13.7 Å². The molecule has 0 aliphatic carbocycles. The molecule has 0 atom stereocenters. The molecule has 2 rings (SSSR count). The van der Waals surface area contributed by atoms with Crippen molar-refractivity contribution >= 4 is 11.3 Å². The second kappa shape index (κ2) is 5.14. The number of thiazole rings is 1. The number of aromatic nitrogens is 1. The Bertz CT molecular complexity index is 513. The van der Waals surface area contributed by atoms with Gasteiger partial charge in [-0.2, -0.15) is 0 Å². The highest BCUT2D eigenvalue weighted by atomic mass is 32.1. The van der Waals surface area contributed by atoms with E-state index >= 15 is 0 Å². The average Bonchev–Trinajstić information content (AvgIpc) is 2.80. The van der Waals surface area contributed by atoms with Gasteiger partial charge in [0.2, 0.25) is 0 Å². The number of rotatable bonds is 4. The van der Waals surface area contributed by atoms with Crippen LogP contribution in [0, 0.1) is 5.82 Å². The van der Waals surface area contributed by atoms with Gasteiger partial charge in [0.15, 0.2) is 11.6 Å². The molecule has 0 amide bonds. The zero-order valence-electron chi connectivity index (χ0n) is 9.57. The van der Waals surface area contributed by atoms with Crippen LogP contribution in [-0.2, 0) is 0 Å². The Morgan fingerprint density at radius 1 is 1.41 bits per heavy atom. The summed E-state index contributed by atoms with van der Waals surface area (Å²) in [7, 11) is 1.56. The minimum atomic E-state index is -0.378. The van der Waals surface area contributed by atoms with Crippen LogP contribution in [0.15, 0.2) is 23.6 Å². The van der Waals surface area contributed by atoms with E-state index in [1.807, 2.05) is 12.3 Å². The fourth-order valence-corrected chi connectivity index (χ4v) is 2.06. The third-order valence-electron chi connectivity index (χ3n) is 2.19. The predicted molar refractivity (Wildman–Crippen MR) is 65.2 cm³/mol. The van der Waals surface area contributed by atoms with Gasteiger partial charge in [-0.3, -0.25) is 0 Å². The van der Waals surface area contributed by atoms with E-state index in [4.69, 9.17) is 9.47 Å². The molecule has 0 saturated heterocycles. The molecule has 0 radical (unpaired) electrons. The first kappa shape index (κ1) is 11.9. The molecule has 3 nitrogen and oxygen atoms in total. The SMILES string of the molecule is CCOc1ccc(-c2csc(OC)n2)cc1F. The number of ether oxygens (including phenoxy) is 2.